The van der Waals surface area contributed by atoms with Crippen molar-refractivity contribution in [1.82, 2.24) is 4.90 Å². The fraction of sp³-hybridized carbons (Fsp3) is 0.333. The number of ketones is 1. The number of hydrogen-bond donors (Lipinski definition) is 1. The molecule has 1 saturated heterocycles. The van der Waals surface area contributed by atoms with E-state index in [1.54, 1.807) is 37.4 Å². The Morgan fingerprint density at radius 2 is 2.18 bits per heavy atom. The van der Waals surface area contributed by atoms with E-state index >= 15 is 0 Å². The molecule has 28 heavy (non-hydrogen) atoms. The fourth-order valence-electron chi connectivity index (χ4n) is 3.72. The molecule has 1 fully saturated rings. The number of furan rings is 1. The molecule has 4 rings (SSSR count). The standard InChI is InChI=1S/C21H21NO6/c1-26-9-3-8-22-18(16-4-2-10-27-16)17(20(24)21(22)25)19(23)14-5-6-15-13(12-14)7-11-28-15/h2,4-6,10,12,18,23H,3,7-9,11H2,1H3/b19-17-. The molecule has 0 aliphatic carbocycles. The van der Waals surface area contributed by atoms with Crippen molar-refractivity contribution < 1.29 is 28.6 Å². The minimum absolute atomic E-state index is 0.0382. The Bertz CT molecular complexity index is 930. The average Bonchev–Trinajstić information content (AvgIpc) is 3.43. The largest absolute Gasteiger partial charge is 0.507 e. The summed E-state index contributed by atoms with van der Waals surface area (Å²) in [6.07, 6.45) is 2.79. The van der Waals surface area contributed by atoms with Crippen LogP contribution in [0, 0.1) is 0 Å². The molecule has 1 atom stereocenters. The van der Waals surface area contributed by atoms with E-state index in [0.29, 0.717) is 37.5 Å². The van der Waals surface area contributed by atoms with Crippen molar-refractivity contribution in [3.63, 3.8) is 0 Å². The lowest BCUT2D eigenvalue weighted by Gasteiger charge is -2.23. The lowest BCUT2D eigenvalue weighted by molar-refractivity contribution is -0.140. The van der Waals surface area contributed by atoms with Gasteiger partial charge in [-0.25, -0.2) is 0 Å². The lowest BCUT2D eigenvalue weighted by Crippen LogP contribution is -2.31. The summed E-state index contributed by atoms with van der Waals surface area (Å²) in [7, 11) is 1.58. The number of ether oxygens (including phenoxy) is 2. The quantitative estimate of drug-likeness (QED) is 0.357. The molecule has 1 aromatic carbocycles. The number of fused-ring (bicyclic) bond motifs is 1. The first kappa shape index (κ1) is 18.3. The summed E-state index contributed by atoms with van der Waals surface area (Å²) >= 11 is 0. The minimum Gasteiger partial charge on any atom is -0.507 e. The van der Waals surface area contributed by atoms with Gasteiger partial charge in [0.15, 0.2) is 0 Å². The van der Waals surface area contributed by atoms with Crippen LogP contribution in [0.5, 0.6) is 5.75 Å². The van der Waals surface area contributed by atoms with Crippen molar-refractivity contribution in [2.75, 3.05) is 26.9 Å². The molecule has 1 unspecified atom stereocenters. The number of benzene rings is 1. The number of rotatable bonds is 6. The van der Waals surface area contributed by atoms with Gasteiger partial charge in [0.2, 0.25) is 0 Å². The Hall–Kier alpha value is -3.06. The number of hydrogen-bond acceptors (Lipinski definition) is 6. The van der Waals surface area contributed by atoms with Crippen LogP contribution in [0.25, 0.3) is 5.76 Å². The molecular weight excluding hydrogens is 362 g/mol. The summed E-state index contributed by atoms with van der Waals surface area (Å²) in [6, 6.07) is 7.89. The van der Waals surface area contributed by atoms with Crippen molar-refractivity contribution >= 4 is 17.4 Å². The smallest absolute Gasteiger partial charge is 0.295 e. The van der Waals surface area contributed by atoms with Gasteiger partial charge in [-0.05, 0) is 42.3 Å². The van der Waals surface area contributed by atoms with E-state index in [4.69, 9.17) is 13.9 Å². The highest BCUT2D eigenvalue weighted by Gasteiger charge is 2.47. The molecule has 0 radical (unpaired) electrons. The van der Waals surface area contributed by atoms with Gasteiger partial charge in [-0.1, -0.05) is 0 Å². The van der Waals surface area contributed by atoms with Crippen molar-refractivity contribution in [2.24, 2.45) is 0 Å². The van der Waals surface area contributed by atoms with Gasteiger partial charge in [0.05, 0.1) is 18.4 Å². The van der Waals surface area contributed by atoms with Crippen molar-refractivity contribution in [3.8, 4) is 5.75 Å². The number of carbonyl (C=O) groups is 2. The second kappa shape index (κ2) is 7.52. The van der Waals surface area contributed by atoms with E-state index in [-0.39, 0.29) is 11.3 Å². The number of nitrogens with zero attached hydrogens (tertiary/aromatic N) is 1. The molecule has 1 N–H and O–H groups in total. The highest BCUT2D eigenvalue weighted by molar-refractivity contribution is 6.46. The Kier molecular flexibility index (Phi) is 4.92. The SMILES string of the molecule is COCCCN1C(=O)C(=O)/C(=C(\O)c2ccc3c(c2)CCO3)C1c1ccco1. The molecule has 2 aromatic rings. The van der Waals surface area contributed by atoms with Crippen molar-refractivity contribution in [2.45, 2.75) is 18.9 Å². The lowest BCUT2D eigenvalue weighted by atomic mass is 9.98. The molecule has 3 heterocycles. The molecule has 1 amide bonds. The first-order valence-corrected chi connectivity index (χ1v) is 9.18. The number of likely N-dealkylation sites (tertiary alicyclic amines) is 1. The molecule has 0 bridgehead atoms. The zero-order valence-electron chi connectivity index (χ0n) is 15.5. The summed E-state index contributed by atoms with van der Waals surface area (Å²) in [4.78, 5) is 26.9. The van der Waals surface area contributed by atoms with E-state index < -0.39 is 17.7 Å². The highest BCUT2D eigenvalue weighted by Crippen LogP contribution is 2.40. The van der Waals surface area contributed by atoms with Gasteiger partial charge in [-0.2, -0.15) is 0 Å². The average molecular weight is 383 g/mol. The number of aliphatic hydroxyl groups excluding tert-OH is 1. The number of aliphatic hydroxyl groups is 1. The summed E-state index contributed by atoms with van der Waals surface area (Å²) in [5, 5.41) is 11.0. The number of amides is 1. The summed E-state index contributed by atoms with van der Waals surface area (Å²) in [6.45, 7) is 1.37. The van der Waals surface area contributed by atoms with E-state index in [2.05, 4.69) is 0 Å². The van der Waals surface area contributed by atoms with Gasteiger partial charge >= 0.3 is 0 Å². The van der Waals surface area contributed by atoms with Crippen LogP contribution in [-0.2, 0) is 20.7 Å². The Morgan fingerprint density at radius 1 is 1.32 bits per heavy atom. The molecule has 1 aromatic heterocycles. The van der Waals surface area contributed by atoms with E-state index in [0.717, 1.165) is 17.7 Å². The van der Waals surface area contributed by atoms with Gasteiger partial charge in [-0.3, -0.25) is 9.59 Å². The van der Waals surface area contributed by atoms with Crippen LogP contribution in [0.2, 0.25) is 0 Å². The van der Waals surface area contributed by atoms with Crippen LogP contribution >= 0.6 is 0 Å². The van der Waals surface area contributed by atoms with Crippen LogP contribution < -0.4 is 4.74 Å². The molecule has 146 valence electrons. The third-order valence-electron chi connectivity index (χ3n) is 5.06. The third kappa shape index (κ3) is 3.07. The Balaban J connectivity index is 1.77. The van der Waals surface area contributed by atoms with Gasteiger partial charge < -0.3 is 23.9 Å². The highest BCUT2D eigenvalue weighted by atomic mass is 16.5. The van der Waals surface area contributed by atoms with Gasteiger partial charge in [0.25, 0.3) is 11.7 Å². The van der Waals surface area contributed by atoms with Crippen molar-refractivity contribution in [1.29, 1.82) is 0 Å². The van der Waals surface area contributed by atoms with Crippen molar-refractivity contribution in [3.05, 3.63) is 59.1 Å². The van der Waals surface area contributed by atoms with Gasteiger partial charge in [0, 0.05) is 32.2 Å². The minimum atomic E-state index is -0.767. The van der Waals surface area contributed by atoms with Crippen LogP contribution in [0.1, 0.15) is 29.3 Å². The maximum Gasteiger partial charge on any atom is 0.295 e. The molecule has 0 saturated carbocycles. The normalized spacial score (nSPS) is 20.5. The number of methoxy groups -OCH3 is 1. The number of Topliss-reactive ketones (excluding diaryl/α,β-unsaturated/α-hetero) is 1. The van der Waals surface area contributed by atoms with E-state index in [1.165, 1.54) is 11.2 Å². The molecule has 7 nitrogen and oxygen atoms in total. The molecule has 2 aliphatic heterocycles. The summed E-state index contributed by atoms with van der Waals surface area (Å²) in [5.74, 6) is -0.359. The molecular formula is C21H21NO6. The van der Waals surface area contributed by atoms with E-state index in [1.807, 2.05) is 0 Å². The maximum atomic E-state index is 12.8. The fourth-order valence-corrected chi connectivity index (χ4v) is 3.72. The van der Waals surface area contributed by atoms with Crippen LogP contribution in [0.15, 0.2) is 46.6 Å². The van der Waals surface area contributed by atoms with Gasteiger partial charge in [-0.15, -0.1) is 0 Å². The second-order valence-electron chi connectivity index (χ2n) is 6.78. The Morgan fingerprint density at radius 3 is 2.93 bits per heavy atom. The predicted octanol–water partition coefficient (Wildman–Crippen LogP) is 2.67. The maximum absolute atomic E-state index is 12.8. The van der Waals surface area contributed by atoms with Crippen LogP contribution in [-0.4, -0.2) is 48.6 Å². The molecule has 7 heteroatoms. The zero-order valence-corrected chi connectivity index (χ0v) is 15.5. The van der Waals surface area contributed by atoms with Gasteiger partial charge in [0.1, 0.15) is 23.3 Å². The second-order valence-corrected chi connectivity index (χ2v) is 6.78. The van der Waals surface area contributed by atoms with Crippen LogP contribution in [0.3, 0.4) is 0 Å². The van der Waals surface area contributed by atoms with Crippen LogP contribution in [0.4, 0.5) is 0 Å². The zero-order chi connectivity index (χ0) is 19.7. The first-order valence-electron chi connectivity index (χ1n) is 9.18. The predicted molar refractivity (Wildman–Crippen MR) is 99.9 cm³/mol. The summed E-state index contributed by atoms with van der Waals surface area (Å²) in [5.41, 5.74) is 1.49. The monoisotopic (exact) mass is 383 g/mol. The third-order valence-corrected chi connectivity index (χ3v) is 5.06. The topological polar surface area (TPSA) is 89.2 Å². The van der Waals surface area contributed by atoms with E-state index in [9.17, 15) is 14.7 Å². The Labute approximate surface area is 162 Å². The molecule has 2 aliphatic rings. The first-order chi connectivity index (χ1) is 13.6. The molecule has 0 spiro atoms. The summed E-state index contributed by atoms with van der Waals surface area (Å²) < 4.78 is 16.0. The number of carbonyl (C=O) groups excluding carboxylic acids is 2.